The Labute approximate surface area is 103 Å². The van der Waals surface area contributed by atoms with E-state index >= 15 is 0 Å². The van der Waals surface area contributed by atoms with E-state index in [0.29, 0.717) is 6.42 Å². The van der Waals surface area contributed by atoms with Gasteiger partial charge in [0, 0.05) is 6.42 Å². The van der Waals surface area contributed by atoms with Crippen LogP contribution in [0, 0.1) is 0 Å². The Hall–Kier alpha value is -1.35. The van der Waals surface area contributed by atoms with E-state index in [0.717, 1.165) is 12.0 Å². The molecule has 0 amide bonds. The summed E-state index contributed by atoms with van der Waals surface area (Å²) in [6.45, 7) is 3.99. The van der Waals surface area contributed by atoms with Gasteiger partial charge < -0.3 is 5.11 Å². The first-order chi connectivity index (χ1) is 7.90. The van der Waals surface area contributed by atoms with Crippen LogP contribution >= 0.6 is 0 Å². The normalized spacial score (nSPS) is 14.6. The summed E-state index contributed by atoms with van der Waals surface area (Å²) in [6.07, 6.45) is 1.19. The molecule has 1 atom stereocenters. The van der Waals surface area contributed by atoms with E-state index in [2.05, 4.69) is 0 Å². The summed E-state index contributed by atoms with van der Waals surface area (Å²) < 4.78 is 0. The SMILES string of the molecule is CCC(C)(C(=O)Cc1ccc(O)cc1)N(C)C. The minimum absolute atomic E-state index is 0.204. The van der Waals surface area contributed by atoms with Gasteiger partial charge in [0.05, 0.1) is 5.54 Å². The molecule has 1 rings (SSSR count). The fourth-order valence-corrected chi connectivity index (χ4v) is 1.75. The van der Waals surface area contributed by atoms with Gasteiger partial charge in [-0.2, -0.15) is 0 Å². The molecule has 0 radical (unpaired) electrons. The van der Waals surface area contributed by atoms with E-state index in [1.54, 1.807) is 24.3 Å². The van der Waals surface area contributed by atoms with E-state index in [1.165, 1.54) is 0 Å². The number of hydrogen-bond donors (Lipinski definition) is 1. The number of phenols is 1. The predicted molar refractivity (Wildman–Crippen MR) is 69.2 cm³/mol. The van der Waals surface area contributed by atoms with Gasteiger partial charge in [0.15, 0.2) is 5.78 Å². The van der Waals surface area contributed by atoms with Crippen LogP contribution in [0.15, 0.2) is 24.3 Å². The fourth-order valence-electron chi connectivity index (χ4n) is 1.75. The van der Waals surface area contributed by atoms with E-state index < -0.39 is 5.54 Å². The van der Waals surface area contributed by atoms with Crippen LogP contribution in [0.5, 0.6) is 5.75 Å². The largest absolute Gasteiger partial charge is 0.508 e. The Kier molecular flexibility index (Phi) is 4.29. The van der Waals surface area contributed by atoms with Gasteiger partial charge in [-0.1, -0.05) is 19.1 Å². The van der Waals surface area contributed by atoms with Crippen molar-refractivity contribution in [2.75, 3.05) is 14.1 Å². The molecule has 0 fully saturated rings. The lowest BCUT2D eigenvalue weighted by atomic mass is 9.88. The number of Topliss-reactive ketones (excluding diaryl/α,β-unsaturated/α-hetero) is 1. The number of rotatable bonds is 5. The first-order valence-electron chi connectivity index (χ1n) is 5.88. The second-order valence-corrected chi connectivity index (χ2v) is 4.79. The topological polar surface area (TPSA) is 40.5 Å². The van der Waals surface area contributed by atoms with Crippen LogP contribution in [0.3, 0.4) is 0 Å². The average Bonchev–Trinajstić information content (AvgIpc) is 2.30. The van der Waals surface area contributed by atoms with Gasteiger partial charge in [-0.25, -0.2) is 0 Å². The highest BCUT2D eigenvalue weighted by Crippen LogP contribution is 2.20. The van der Waals surface area contributed by atoms with Crippen molar-refractivity contribution in [3.63, 3.8) is 0 Å². The average molecular weight is 235 g/mol. The maximum Gasteiger partial charge on any atom is 0.157 e. The molecule has 0 aliphatic heterocycles. The highest BCUT2D eigenvalue weighted by Gasteiger charge is 2.32. The number of carbonyl (C=O) groups is 1. The maximum atomic E-state index is 12.3. The van der Waals surface area contributed by atoms with Crippen LogP contribution in [0.1, 0.15) is 25.8 Å². The number of aromatic hydroxyl groups is 1. The molecule has 1 aromatic rings. The van der Waals surface area contributed by atoms with Crippen molar-refractivity contribution in [3.05, 3.63) is 29.8 Å². The quantitative estimate of drug-likeness (QED) is 0.851. The molecule has 94 valence electrons. The fraction of sp³-hybridized carbons (Fsp3) is 0.500. The molecule has 0 aromatic heterocycles. The Morgan fingerprint density at radius 3 is 2.24 bits per heavy atom. The number of carbonyl (C=O) groups excluding carboxylic acids is 1. The van der Waals surface area contributed by atoms with Crippen molar-refractivity contribution >= 4 is 5.78 Å². The number of nitrogens with zero attached hydrogens (tertiary/aromatic N) is 1. The van der Waals surface area contributed by atoms with Crippen LogP contribution in [0.25, 0.3) is 0 Å². The molecule has 17 heavy (non-hydrogen) atoms. The summed E-state index contributed by atoms with van der Waals surface area (Å²) in [4.78, 5) is 14.3. The van der Waals surface area contributed by atoms with Crippen molar-refractivity contribution in [2.24, 2.45) is 0 Å². The van der Waals surface area contributed by atoms with E-state index in [1.807, 2.05) is 32.8 Å². The lowest BCUT2D eigenvalue weighted by molar-refractivity contribution is -0.128. The van der Waals surface area contributed by atoms with Gasteiger partial charge in [-0.3, -0.25) is 9.69 Å². The van der Waals surface area contributed by atoms with Gasteiger partial charge in [-0.15, -0.1) is 0 Å². The highest BCUT2D eigenvalue weighted by atomic mass is 16.3. The lowest BCUT2D eigenvalue weighted by Crippen LogP contribution is -2.48. The molecule has 1 unspecified atom stereocenters. The zero-order chi connectivity index (χ0) is 13.1. The summed E-state index contributed by atoms with van der Waals surface area (Å²) in [5.74, 6) is 0.433. The molecule has 0 spiro atoms. The highest BCUT2D eigenvalue weighted by molar-refractivity contribution is 5.89. The van der Waals surface area contributed by atoms with Gasteiger partial charge in [0.25, 0.3) is 0 Å². The molecule has 0 saturated carbocycles. The summed E-state index contributed by atoms with van der Waals surface area (Å²) in [6, 6.07) is 6.81. The lowest BCUT2D eigenvalue weighted by Gasteiger charge is -2.34. The number of benzene rings is 1. The van der Waals surface area contributed by atoms with E-state index in [4.69, 9.17) is 0 Å². The third kappa shape index (κ3) is 3.07. The Morgan fingerprint density at radius 2 is 1.82 bits per heavy atom. The maximum absolute atomic E-state index is 12.3. The molecule has 0 aliphatic rings. The molecule has 1 N–H and O–H groups in total. The third-order valence-electron chi connectivity index (χ3n) is 3.58. The van der Waals surface area contributed by atoms with Crippen molar-refractivity contribution in [2.45, 2.75) is 32.2 Å². The second-order valence-electron chi connectivity index (χ2n) is 4.79. The second kappa shape index (κ2) is 5.32. The third-order valence-corrected chi connectivity index (χ3v) is 3.58. The summed E-state index contributed by atoms with van der Waals surface area (Å²) in [5, 5.41) is 9.19. The number of likely N-dealkylation sites (N-methyl/N-ethyl adjacent to an activating group) is 1. The Bertz CT molecular complexity index is 384. The summed E-state index contributed by atoms with van der Waals surface area (Å²) in [5.41, 5.74) is 0.520. The standard InChI is InChI=1S/C14H21NO2/c1-5-14(2,15(3)4)13(17)10-11-6-8-12(16)9-7-11/h6-9,16H,5,10H2,1-4H3. The van der Waals surface area contributed by atoms with Crippen LogP contribution in [0.4, 0.5) is 0 Å². The Balaban J connectivity index is 2.81. The number of hydrogen-bond acceptors (Lipinski definition) is 3. The molecular weight excluding hydrogens is 214 g/mol. The zero-order valence-electron chi connectivity index (χ0n) is 11.0. The minimum Gasteiger partial charge on any atom is -0.508 e. The van der Waals surface area contributed by atoms with Crippen LogP contribution < -0.4 is 0 Å². The monoisotopic (exact) mass is 235 g/mol. The Morgan fingerprint density at radius 1 is 1.29 bits per heavy atom. The van der Waals surface area contributed by atoms with Crippen LogP contribution in [-0.2, 0) is 11.2 Å². The van der Waals surface area contributed by atoms with Crippen molar-refractivity contribution in [1.82, 2.24) is 4.90 Å². The molecule has 1 aromatic carbocycles. The van der Waals surface area contributed by atoms with Crippen molar-refractivity contribution < 1.29 is 9.90 Å². The molecule has 3 heteroatoms. The van der Waals surface area contributed by atoms with Crippen molar-refractivity contribution in [1.29, 1.82) is 0 Å². The van der Waals surface area contributed by atoms with Gasteiger partial charge >= 0.3 is 0 Å². The van der Waals surface area contributed by atoms with Crippen LogP contribution in [0.2, 0.25) is 0 Å². The van der Waals surface area contributed by atoms with Crippen LogP contribution in [-0.4, -0.2) is 35.4 Å². The molecule has 0 aliphatic carbocycles. The van der Waals surface area contributed by atoms with Crippen molar-refractivity contribution in [3.8, 4) is 5.75 Å². The zero-order valence-corrected chi connectivity index (χ0v) is 11.0. The first kappa shape index (κ1) is 13.7. The minimum atomic E-state index is -0.419. The first-order valence-corrected chi connectivity index (χ1v) is 5.88. The van der Waals surface area contributed by atoms with Gasteiger partial charge in [0.1, 0.15) is 5.75 Å². The number of phenolic OH excluding ortho intramolecular Hbond substituents is 1. The molecular formula is C14H21NO2. The molecule has 0 saturated heterocycles. The predicted octanol–water partition coefficient (Wildman–Crippen LogP) is 2.23. The molecule has 0 bridgehead atoms. The van der Waals surface area contributed by atoms with E-state index in [-0.39, 0.29) is 11.5 Å². The smallest absolute Gasteiger partial charge is 0.157 e. The van der Waals surface area contributed by atoms with Gasteiger partial charge in [-0.05, 0) is 45.1 Å². The van der Waals surface area contributed by atoms with Gasteiger partial charge in [0.2, 0.25) is 0 Å². The molecule has 3 nitrogen and oxygen atoms in total. The van der Waals surface area contributed by atoms with E-state index in [9.17, 15) is 9.90 Å². The summed E-state index contributed by atoms with van der Waals surface area (Å²) in [7, 11) is 3.86. The summed E-state index contributed by atoms with van der Waals surface area (Å²) >= 11 is 0. The molecule has 0 heterocycles. The number of ketones is 1.